The second kappa shape index (κ2) is 46.7. The number of unbranched alkanes of at least 4 members (excludes halogenated alkanes) is 28. The van der Waals surface area contributed by atoms with E-state index in [0.717, 1.165) is 96.3 Å². The topological polar surface area (TPSA) is 134 Å². The quantitative estimate of drug-likeness (QED) is 0.0266. The molecule has 0 saturated carbocycles. The molecule has 0 spiro atoms. The smallest absolute Gasteiger partial charge is 0.462 e. The number of ether oxygens (including phenoxy) is 2. The van der Waals surface area contributed by atoms with Crippen molar-refractivity contribution >= 4 is 19.8 Å². The average molecular weight is 872 g/mol. The largest absolute Gasteiger partial charge is 0.472 e. The summed E-state index contributed by atoms with van der Waals surface area (Å²) in [6.45, 7) is 3.63. The zero-order chi connectivity index (χ0) is 44.6. The molecule has 9 nitrogen and oxygen atoms in total. The Labute approximate surface area is 373 Å². The highest BCUT2D eigenvalue weighted by atomic mass is 31.2. The van der Waals surface area contributed by atoms with E-state index in [2.05, 4.69) is 61.2 Å². The number of phosphoric acid groups is 1. The maximum atomic E-state index is 12.6. The van der Waals surface area contributed by atoms with Gasteiger partial charge in [0.05, 0.1) is 13.2 Å². The van der Waals surface area contributed by atoms with Crippen LogP contribution in [0.1, 0.15) is 232 Å². The lowest BCUT2D eigenvalue weighted by Crippen LogP contribution is -2.29. The Balaban J connectivity index is 4.17. The highest BCUT2D eigenvalue weighted by molar-refractivity contribution is 7.47. The molecule has 0 aliphatic carbocycles. The van der Waals surface area contributed by atoms with Crippen LogP contribution in [-0.2, 0) is 32.7 Å². The second-order valence-corrected chi connectivity index (χ2v) is 17.5. The monoisotopic (exact) mass is 872 g/mol. The van der Waals surface area contributed by atoms with Gasteiger partial charge >= 0.3 is 19.8 Å². The van der Waals surface area contributed by atoms with Gasteiger partial charge in [-0.05, 0) is 62.2 Å². The van der Waals surface area contributed by atoms with Crippen molar-refractivity contribution in [1.82, 2.24) is 0 Å². The van der Waals surface area contributed by atoms with Crippen LogP contribution in [-0.4, -0.2) is 49.3 Å². The highest BCUT2D eigenvalue weighted by Gasteiger charge is 2.26. The van der Waals surface area contributed by atoms with Gasteiger partial charge in [-0.1, -0.05) is 179 Å². The molecule has 348 valence electrons. The van der Waals surface area contributed by atoms with Gasteiger partial charge in [-0.15, -0.1) is 0 Å². The van der Waals surface area contributed by atoms with Crippen LogP contribution in [0.15, 0.2) is 0 Å². The van der Waals surface area contributed by atoms with E-state index in [1.165, 1.54) is 96.3 Å². The van der Waals surface area contributed by atoms with Gasteiger partial charge in [0.1, 0.15) is 6.61 Å². The number of rotatable bonds is 41. The Morgan fingerprint density at radius 2 is 0.836 bits per heavy atom. The van der Waals surface area contributed by atoms with Crippen molar-refractivity contribution in [1.29, 1.82) is 0 Å². The maximum absolute atomic E-state index is 12.6. The third kappa shape index (κ3) is 46.6. The van der Waals surface area contributed by atoms with E-state index in [9.17, 15) is 19.0 Å². The third-order valence-corrected chi connectivity index (χ3v) is 11.2. The Kier molecular flexibility index (Phi) is 44.6. The molecule has 0 fully saturated rings. The van der Waals surface area contributed by atoms with Gasteiger partial charge in [-0.25, -0.2) is 4.57 Å². The standard InChI is InChI=1S/C51H86NO8P/c1-3-5-7-9-11-13-15-17-19-21-23-25-27-29-31-33-35-37-39-41-43-50(53)57-47-49(48-59-61(55,56)58-46-45-52)60-51(54)44-42-40-38-36-34-32-30-28-26-24-22-20-18-16-14-12-10-8-6-4-2/h49H,3-20,29-48,52H2,1-2H3,(H,55,56). The third-order valence-electron chi connectivity index (χ3n) is 10.2. The van der Waals surface area contributed by atoms with Crippen LogP contribution < -0.4 is 5.73 Å². The second-order valence-electron chi connectivity index (χ2n) is 16.1. The van der Waals surface area contributed by atoms with Crippen LogP contribution in [0.2, 0.25) is 0 Å². The van der Waals surface area contributed by atoms with Gasteiger partial charge in [-0.3, -0.25) is 18.6 Å². The number of phosphoric ester groups is 1. The minimum atomic E-state index is -4.40. The number of esters is 2. The van der Waals surface area contributed by atoms with E-state index in [4.69, 9.17) is 24.3 Å². The molecule has 0 aliphatic heterocycles. The summed E-state index contributed by atoms with van der Waals surface area (Å²) in [5.41, 5.74) is 5.35. The molecule has 0 aromatic carbocycles. The van der Waals surface area contributed by atoms with Crippen LogP contribution in [0, 0.1) is 47.4 Å². The van der Waals surface area contributed by atoms with Gasteiger partial charge in [0.15, 0.2) is 6.10 Å². The van der Waals surface area contributed by atoms with Gasteiger partial charge < -0.3 is 20.1 Å². The Hall–Kier alpha value is -2.75. The van der Waals surface area contributed by atoms with E-state index in [0.29, 0.717) is 12.8 Å². The number of carbonyl (C=O) groups excluding carboxylic acids is 2. The van der Waals surface area contributed by atoms with E-state index >= 15 is 0 Å². The molecular weight excluding hydrogens is 786 g/mol. The molecule has 0 aromatic rings. The summed E-state index contributed by atoms with van der Waals surface area (Å²) < 4.78 is 32.8. The average Bonchev–Trinajstić information content (AvgIpc) is 3.25. The lowest BCUT2D eigenvalue weighted by molar-refractivity contribution is -0.161. The lowest BCUT2D eigenvalue weighted by atomic mass is 10.1. The van der Waals surface area contributed by atoms with Gasteiger partial charge in [0.25, 0.3) is 0 Å². The van der Waals surface area contributed by atoms with Crippen molar-refractivity contribution < 1.29 is 37.6 Å². The molecule has 3 N–H and O–H groups in total. The van der Waals surface area contributed by atoms with Gasteiger partial charge in [-0.2, -0.15) is 0 Å². The molecule has 0 radical (unpaired) electrons. The lowest BCUT2D eigenvalue weighted by Gasteiger charge is -2.19. The molecular formula is C51H86NO8P. The van der Waals surface area contributed by atoms with Crippen molar-refractivity contribution in [3.8, 4) is 47.4 Å². The number of hydrogen-bond acceptors (Lipinski definition) is 8. The molecule has 0 amide bonds. The molecule has 0 aromatic heterocycles. The predicted octanol–water partition coefficient (Wildman–Crippen LogP) is 12.9. The van der Waals surface area contributed by atoms with Crippen LogP contribution in [0.4, 0.5) is 0 Å². The van der Waals surface area contributed by atoms with Crippen LogP contribution in [0.3, 0.4) is 0 Å². The molecule has 2 unspecified atom stereocenters. The Morgan fingerprint density at radius 3 is 1.21 bits per heavy atom. The molecule has 0 aliphatic rings. The normalized spacial score (nSPS) is 12.0. The Bertz CT molecular complexity index is 1350. The first-order chi connectivity index (χ1) is 29.8. The predicted molar refractivity (Wildman–Crippen MR) is 251 cm³/mol. The van der Waals surface area contributed by atoms with Crippen molar-refractivity contribution in [3.63, 3.8) is 0 Å². The molecule has 0 heterocycles. The summed E-state index contributed by atoms with van der Waals surface area (Å²) in [6.07, 6.45) is 35.4. The van der Waals surface area contributed by atoms with E-state index in [-0.39, 0.29) is 32.6 Å². The SMILES string of the molecule is CCCCCCCCCCC#CC#CCCCCCCCCC(=O)OCC(COP(=O)(O)OCCN)OC(=O)CCCCCCCCC#CC#CCCCCCCCCCC. The first-order valence-corrected chi connectivity index (χ1v) is 25.9. The van der Waals surface area contributed by atoms with Crippen molar-refractivity contribution in [3.05, 3.63) is 0 Å². The summed E-state index contributed by atoms with van der Waals surface area (Å²) in [5, 5.41) is 0. The van der Waals surface area contributed by atoms with E-state index < -0.39 is 32.5 Å². The molecule has 0 bridgehead atoms. The molecule has 10 heteroatoms. The maximum Gasteiger partial charge on any atom is 0.472 e. The number of nitrogens with two attached hydrogens (primary N) is 1. The van der Waals surface area contributed by atoms with Gasteiger partial charge in [0, 0.05) is 45.1 Å². The summed E-state index contributed by atoms with van der Waals surface area (Å²) in [6, 6.07) is 0. The van der Waals surface area contributed by atoms with Crippen LogP contribution >= 0.6 is 7.82 Å². The zero-order valence-corrected chi connectivity index (χ0v) is 39.7. The van der Waals surface area contributed by atoms with Gasteiger partial charge in [0.2, 0.25) is 0 Å². The fraction of sp³-hybridized carbons (Fsp3) is 0.804. The number of hydrogen-bond donors (Lipinski definition) is 2. The molecule has 61 heavy (non-hydrogen) atoms. The van der Waals surface area contributed by atoms with Crippen molar-refractivity contribution in [2.45, 2.75) is 238 Å². The fourth-order valence-electron chi connectivity index (χ4n) is 6.50. The molecule has 0 rings (SSSR count). The highest BCUT2D eigenvalue weighted by Crippen LogP contribution is 2.43. The van der Waals surface area contributed by atoms with Crippen molar-refractivity contribution in [2.75, 3.05) is 26.4 Å². The summed E-state index contributed by atoms with van der Waals surface area (Å²) in [5.74, 6) is 23.7. The molecule has 2 atom stereocenters. The summed E-state index contributed by atoms with van der Waals surface area (Å²) in [4.78, 5) is 35.0. The number of carbonyl (C=O) groups is 2. The van der Waals surface area contributed by atoms with Crippen molar-refractivity contribution in [2.24, 2.45) is 5.73 Å². The first kappa shape index (κ1) is 58.2. The summed E-state index contributed by atoms with van der Waals surface area (Å²) >= 11 is 0. The minimum Gasteiger partial charge on any atom is -0.462 e. The van der Waals surface area contributed by atoms with E-state index in [1.807, 2.05) is 0 Å². The molecule has 0 saturated heterocycles. The minimum absolute atomic E-state index is 0.0382. The van der Waals surface area contributed by atoms with E-state index in [1.54, 1.807) is 0 Å². The zero-order valence-electron chi connectivity index (χ0n) is 38.8. The first-order valence-electron chi connectivity index (χ1n) is 24.4. The fourth-order valence-corrected chi connectivity index (χ4v) is 7.27. The Morgan fingerprint density at radius 1 is 0.492 bits per heavy atom. The van der Waals surface area contributed by atoms with Crippen LogP contribution in [0.5, 0.6) is 0 Å². The summed E-state index contributed by atoms with van der Waals surface area (Å²) in [7, 11) is -4.40. The van der Waals surface area contributed by atoms with Crippen LogP contribution in [0.25, 0.3) is 0 Å².